The van der Waals surface area contributed by atoms with Gasteiger partial charge in [0, 0.05) is 31.9 Å². The molecule has 1 aliphatic heterocycles. The number of hydrogen-bond acceptors (Lipinski definition) is 6. The molecule has 7 heteroatoms. The lowest BCUT2D eigenvalue weighted by Gasteiger charge is -2.37. The number of nitrogens with zero attached hydrogens (tertiary/aromatic N) is 2. The topological polar surface area (TPSA) is 79.3 Å². The third kappa shape index (κ3) is 4.85. The zero-order chi connectivity index (χ0) is 18.6. The molecule has 1 N–H and O–H groups in total. The molecule has 1 amide bonds. The fourth-order valence-electron chi connectivity index (χ4n) is 2.69. The maximum absolute atomic E-state index is 12.1. The molecule has 1 aromatic rings. The van der Waals surface area contributed by atoms with Crippen LogP contribution in [0.15, 0.2) is 18.2 Å². The molecule has 1 fully saturated rings. The number of rotatable bonds is 3. The number of carbonyl (C=O) groups is 2. The number of amides is 1. The van der Waals surface area contributed by atoms with Gasteiger partial charge in [-0.15, -0.1) is 0 Å². The molecule has 1 aliphatic rings. The minimum Gasteiger partial charge on any atom is -0.465 e. The maximum Gasteiger partial charge on any atom is 0.410 e. The van der Waals surface area contributed by atoms with E-state index in [1.807, 2.05) is 26.8 Å². The van der Waals surface area contributed by atoms with Crippen molar-refractivity contribution >= 4 is 17.7 Å². The Balaban J connectivity index is 2.03. The quantitative estimate of drug-likeness (QED) is 0.840. The summed E-state index contributed by atoms with van der Waals surface area (Å²) in [6, 6.07) is 5.27. The molecular formula is C18H26N2O5. The highest BCUT2D eigenvalue weighted by molar-refractivity contribution is 5.91. The normalized spacial score (nSPS) is 15.1. The molecule has 0 aromatic heterocycles. The minimum atomic E-state index is -0.506. The second-order valence-electron chi connectivity index (χ2n) is 6.95. The summed E-state index contributed by atoms with van der Waals surface area (Å²) in [6.07, 6.45) is -0.302. The van der Waals surface area contributed by atoms with Crippen molar-refractivity contribution in [2.24, 2.45) is 0 Å². The van der Waals surface area contributed by atoms with Crippen molar-refractivity contribution < 1.29 is 24.2 Å². The van der Waals surface area contributed by atoms with Gasteiger partial charge in [0.1, 0.15) is 5.60 Å². The summed E-state index contributed by atoms with van der Waals surface area (Å²) in [4.78, 5) is 27.6. The van der Waals surface area contributed by atoms with Gasteiger partial charge in [-0.05, 0) is 44.5 Å². The van der Waals surface area contributed by atoms with E-state index in [2.05, 4.69) is 4.90 Å². The van der Waals surface area contributed by atoms with Crippen LogP contribution in [0.5, 0.6) is 0 Å². The molecule has 2 rings (SSSR count). The largest absolute Gasteiger partial charge is 0.465 e. The Hall–Kier alpha value is -2.28. The number of esters is 1. The smallest absolute Gasteiger partial charge is 0.410 e. The Morgan fingerprint density at radius 2 is 1.80 bits per heavy atom. The summed E-state index contributed by atoms with van der Waals surface area (Å²) in [5.41, 5.74) is 1.29. The fourth-order valence-corrected chi connectivity index (χ4v) is 2.69. The summed E-state index contributed by atoms with van der Waals surface area (Å²) in [6.45, 7) is 7.73. The number of anilines is 1. The third-order valence-electron chi connectivity index (χ3n) is 3.96. The first-order valence-electron chi connectivity index (χ1n) is 8.30. The van der Waals surface area contributed by atoms with Gasteiger partial charge in [-0.3, -0.25) is 0 Å². The minimum absolute atomic E-state index is 0.240. The predicted molar refractivity (Wildman–Crippen MR) is 93.7 cm³/mol. The van der Waals surface area contributed by atoms with Crippen LogP contribution in [-0.4, -0.2) is 61.0 Å². The van der Waals surface area contributed by atoms with Crippen LogP contribution >= 0.6 is 0 Å². The second kappa shape index (κ2) is 7.74. The van der Waals surface area contributed by atoms with Crippen molar-refractivity contribution in [2.75, 3.05) is 38.2 Å². The van der Waals surface area contributed by atoms with Gasteiger partial charge in [-0.1, -0.05) is 0 Å². The lowest BCUT2D eigenvalue weighted by atomic mass is 10.1. The van der Waals surface area contributed by atoms with Crippen molar-refractivity contribution in [1.82, 2.24) is 4.90 Å². The Bertz CT molecular complexity index is 631. The first kappa shape index (κ1) is 19.1. The van der Waals surface area contributed by atoms with Crippen LogP contribution in [-0.2, 0) is 16.1 Å². The Morgan fingerprint density at radius 3 is 2.32 bits per heavy atom. The van der Waals surface area contributed by atoms with E-state index in [1.54, 1.807) is 17.0 Å². The molecule has 0 saturated carbocycles. The van der Waals surface area contributed by atoms with Crippen molar-refractivity contribution in [2.45, 2.75) is 33.0 Å². The van der Waals surface area contributed by atoms with E-state index >= 15 is 0 Å². The number of carbonyl (C=O) groups excluding carboxylic acids is 2. The van der Waals surface area contributed by atoms with Crippen LogP contribution in [0, 0.1) is 0 Å². The van der Waals surface area contributed by atoms with Crippen molar-refractivity contribution in [3.05, 3.63) is 29.3 Å². The number of methoxy groups -OCH3 is 1. The van der Waals surface area contributed by atoms with Crippen LogP contribution < -0.4 is 4.90 Å². The molecule has 0 radical (unpaired) electrons. The van der Waals surface area contributed by atoms with E-state index in [9.17, 15) is 14.7 Å². The summed E-state index contributed by atoms with van der Waals surface area (Å²) < 4.78 is 10.1. The molecule has 0 aliphatic carbocycles. The number of hydrogen-bond donors (Lipinski definition) is 1. The zero-order valence-corrected chi connectivity index (χ0v) is 15.2. The molecule has 0 unspecified atom stereocenters. The standard InChI is InChI=1S/C18H26N2O5/c1-18(2,3)25-17(23)20-9-7-19(8-10-20)14-5-6-15(16(22)24-4)13(11-14)12-21/h5-6,11,21H,7-10,12H2,1-4H3. The Labute approximate surface area is 148 Å². The highest BCUT2D eigenvalue weighted by Gasteiger charge is 2.26. The lowest BCUT2D eigenvalue weighted by molar-refractivity contribution is 0.0240. The molecule has 0 atom stereocenters. The fraction of sp³-hybridized carbons (Fsp3) is 0.556. The van der Waals surface area contributed by atoms with Gasteiger partial charge < -0.3 is 24.4 Å². The molecule has 1 heterocycles. The number of benzene rings is 1. The van der Waals surface area contributed by atoms with Crippen LogP contribution in [0.3, 0.4) is 0 Å². The number of piperazine rings is 1. The SMILES string of the molecule is COC(=O)c1ccc(N2CCN(C(=O)OC(C)(C)C)CC2)cc1CO. The van der Waals surface area contributed by atoms with Crippen molar-refractivity contribution in [1.29, 1.82) is 0 Å². The highest BCUT2D eigenvalue weighted by Crippen LogP contribution is 2.22. The van der Waals surface area contributed by atoms with E-state index in [0.717, 1.165) is 5.69 Å². The van der Waals surface area contributed by atoms with Gasteiger partial charge in [0.2, 0.25) is 0 Å². The van der Waals surface area contributed by atoms with Gasteiger partial charge >= 0.3 is 12.1 Å². The summed E-state index contributed by atoms with van der Waals surface area (Å²) in [5, 5.41) is 9.51. The Kier molecular flexibility index (Phi) is 5.89. The van der Waals surface area contributed by atoms with Gasteiger partial charge in [-0.25, -0.2) is 9.59 Å². The van der Waals surface area contributed by atoms with Gasteiger partial charge in [0.15, 0.2) is 0 Å². The monoisotopic (exact) mass is 350 g/mol. The third-order valence-corrected chi connectivity index (χ3v) is 3.96. The van der Waals surface area contributed by atoms with Crippen LogP contribution in [0.4, 0.5) is 10.5 Å². The van der Waals surface area contributed by atoms with Crippen LogP contribution in [0.25, 0.3) is 0 Å². The molecule has 1 aromatic carbocycles. The average Bonchev–Trinajstić information content (AvgIpc) is 2.59. The first-order valence-corrected chi connectivity index (χ1v) is 8.30. The van der Waals surface area contributed by atoms with E-state index in [-0.39, 0.29) is 12.7 Å². The summed E-state index contributed by atoms with van der Waals surface area (Å²) >= 11 is 0. The van der Waals surface area contributed by atoms with E-state index in [1.165, 1.54) is 7.11 Å². The van der Waals surface area contributed by atoms with Gasteiger partial charge in [-0.2, -0.15) is 0 Å². The number of ether oxygens (including phenoxy) is 2. The number of aliphatic hydroxyl groups excluding tert-OH is 1. The van der Waals surface area contributed by atoms with Crippen LogP contribution in [0.2, 0.25) is 0 Å². The van der Waals surface area contributed by atoms with E-state index < -0.39 is 11.6 Å². The number of aliphatic hydroxyl groups is 1. The molecule has 138 valence electrons. The average molecular weight is 350 g/mol. The van der Waals surface area contributed by atoms with Gasteiger partial charge in [0.25, 0.3) is 0 Å². The Morgan fingerprint density at radius 1 is 1.16 bits per heavy atom. The summed E-state index contributed by atoms with van der Waals surface area (Å²) in [7, 11) is 1.31. The van der Waals surface area contributed by atoms with E-state index in [4.69, 9.17) is 9.47 Å². The van der Waals surface area contributed by atoms with E-state index in [0.29, 0.717) is 37.3 Å². The maximum atomic E-state index is 12.1. The zero-order valence-electron chi connectivity index (χ0n) is 15.2. The molecule has 0 bridgehead atoms. The molecule has 25 heavy (non-hydrogen) atoms. The molecule has 0 spiro atoms. The summed E-state index contributed by atoms with van der Waals surface area (Å²) in [5.74, 6) is -0.467. The molecular weight excluding hydrogens is 324 g/mol. The second-order valence-corrected chi connectivity index (χ2v) is 6.95. The highest BCUT2D eigenvalue weighted by atomic mass is 16.6. The van der Waals surface area contributed by atoms with Gasteiger partial charge in [0.05, 0.1) is 19.3 Å². The van der Waals surface area contributed by atoms with Crippen molar-refractivity contribution in [3.63, 3.8) is 0 Å². The molecule has 1 saturated heterocycles. The van der Waals surface area contributed by atoms with Crippen molar-refractivity contribution in [3.8, 4) is 0 Å². The van der Waals surface area contributed by atoms with Crippen LogP contribution in [0.1, 0.15) is 36.7 Å². The lowest BCUT2D eigenvalue weighted by Crippen LogP contribution is -2.50. The first-order chi connectivity index (χ1) is 11.7. The predicted octanol–water partition coefficient (Wildman–Crippen LogP) is 2.02. The molecule has 7 nitrogen and oxygen atoms in total.